The minimum Gasteiger partial charge on any atom is -0.247 e. The normalized spacial score (nSPS) is 44.0. The lowest BCUT2D eigenvalue weighted by atomic mass is 9.68. The summed E-state index contributed by atoms with van der Waals surface area (Å²) in [6, 6.07) is 0. The van der Waals surface area contributed by atoms with Crippen LogP contribution in [-0.4, -0.2) is 24.7 Å². The molecule has 0 amide bonds. The van der Waals surface area contributed by atoms with Crippen molar-refractivity contribution in [3.05, 3.63) is 0 Å². The van der Waals surface area contributed by atoms with Crippen molar-refractivity contribution in [2.75, 3.05) is 0 Å². The molecule has 0 saturated heterocycles. The molecule has 3 aliphatic carbocycles. The molecule has 0 bridgehead atoms. The fourth-order valence-electron chi connectivity index (χ4n) is 6.94. The van der Waals surface area contributed by atoms with Gasteiger partial charge in [0.25, 0.3) is 0 Å². The summed E-state index contributed by atoms with van der Waals surface area (Å²) in [5.74, 6) is 2.41. The average molecular weight is 433 g/mol. The first-order valence-electron chi connectivity index (χ1n) is 12.9. The summed E-state index contributed by atoms with van der Waals surface area (Å²) in [4.78, 5) is 0. The van der Waals surface area contributed by atoms with Gasteiger partial charge in [0.1, 0.15) is 18.5 Å². The highest BCUT2D eigenvalue weighted by Gasteiger charge is 2.44. The van der Waals surface area contributed by atoms with Gasteiger partial charge < -0.3 is 0 Å². The average Bonchev–Trinajstić information content (AvgIpc) is 2.72. The quantitative estimate of drug-likeness (QED) is 0.337. The maximum Gasteiger partial charge on any atom is 0.162 e. The van der Waals surface area contributed by atoms with Crippen molar-refractivity contribution < 1.29 is 17.6 Å². The van der Waals surface area contributed by atoms with Crippen LogP contribution < -0.4 is 0 Å². The second kappa shape index (κ2) is 11.5. The van der Waals surface area contributed by atoms with Crippen LogP contribution in [0.3, 0.4) is 0 Å². The Bertz CT molecular complexity index is 477. The number of alkyl halides is 4. The van der Waals surface area contributed by atoms with E-state index >= 15 is 0 Å². The van der Waals surface area contributed by atoms with Gasteiger partial charge in [0.05, 0.1) is 0 Å². The van der Waals surface area contributed by atoms with Crippen molar-refractivity contribution in [2.24, 2.45) is 35.5 Å². The first kappa shape index (κ1) is 24.4. The summed E-state index contributed by atoms with van der Waals surface area (Å²) in [6.45, 7) is 4.66. The van der Waals surface area contributed by atoms with Crippen molar-refractivity contribution in [1.29, 1.82) is 0 Å². The molecule has 3 rings (SSSR count). The van der Waals surface area contributed by atoms with Gasteiger partial charge in [-0.05, 0) is 80.5 Å². The predicted molar refractivity (Wildman–Crippen MR) is 117 cm³/mol. The standard InChI is InChI=1S/C26H44F4/c1-3-5-19(20-11-8-17(2)9-12-20)7-4-6-18-10-13-22(23(27)14-18)21-15-24(28)26(30)25(29)16-21/h17-26H,3-16H2,1-2H3/t17?,18?,19-,20?,21?,22?,23?,24?,25?,26?/m1/s1. The van der Waals surface area contributed by atoms with Crippen molar-refractivity contribution in [3.8, 4) is 0 Å². The Morgan fingerprint density at radius 3 is 2.03 bits per heavy atom. The van der Waals surface area contributed by atoms with Crippen LogP contribution in [0, 0.1) is 35.5 Å². The van der Waals surface area contributed by atoms with Gasteiger partial charge in [-0.3, -0.25) is 0 Å². The molecule has 3 fully saturated rings. The summed E-state index contributed by atoms with van der Waals surface area (Å²) < 4.78 is 55.9. The van der Waals surface area contributed by atoms with E-state index in [1.165, 1.54) is 51.4 Å². The molecule has 0 radical (unpaired) electrons. The Morgan fingerprint density at radius 1 is 0.767 bits per heavy atom. The first-order valence-corrected chi connectivity index (χ1v) is 12.9. The van der Waals surface area contributed by atoms with Crippen LogP contribution >= 0.6 is 0 Å². The zero-order chi connectivity index (χ0) is 21.7. The van der Waals surface area contributed by atoms with Crippen LogP contribution in [0.1, 0.15) is 104 Å². The van der Waals surface area contributed by atoms with Gasteiger partial charge in [0.2, 0.25) is 0 Å². The molecule has 4 heteroatoms. The van der Waals surface area contributed by atoms with Crippen LogP contribution in [0.4, 0.5) is 17.6 Å². The summed E-state index contributed by atoms with van der Waals surface area (Å²) in [5.41, 5.74) is 0. The minimum absolute atomic E-state index is 0.00393. The van der Waals surface area contributed by atoms with Gasteiger partial charge in [0.15, 0.2) is 6.17 Å². The van der Waals surface area contributed by atoms with E-state index in [1.54, 1.807) is 0 Å². The van der Waals surface area contributed by atoms with E-state index in [4.69, 9.17) is 0 Å². The van der Waals surface area contributed by atoms with Crippen molar-refractivity contribution >= 4 is 0 Å². The van der Waals surface area contributed by atoms with Crippen LogP contribution in [0.25, 0.3) is 0 Å². The molecule has 30 heavy (non-hydrogen) atoms. The van der Waals surface area contributed by atoms with Gasteiger partial charge in [-0.1, -0.05) is 58.8 Å². The summed E-state index contributed by atoms with van der Waals surface area (Å²) in [5, 5.41) is 0. The van der Waals surface area contributed by atoms with E-state index in [0.717, 1.165) is 30.6 Å². The molecule has 0 heterocycles. The molecule has 0 aromatic heterocycles. The second-order valence-electron chi connectivity index (χ2n) is 11.1. The van der Waals surface area contributed by atoms with Crippen LogP contribution in [0.2, 0.25) is 0 Å². The first-order chi connectivity index (χ1) is 14.4. The maximum atomic E-state index is 14.9. The molecule has 176 valence electrons. The van der Waals surface area contributed by atoms with E-state index in [2.05, 4.69) is 13.8 Å². The van der Waals surface area contributed by atoms with Gasteiger partial charge >= 0.3 is 0 Å². The van der Waals surface area contributed by atoms with Crippen LogP contribution in [-0.2, 0) is 0 Å². The molecule has 0 N–H and O–H groups in total. The highest BCUT2D eigenvalue weighted by Crippen LogP contribution is 2.45. The molecule has 0 aromatic carbocycles. The second-order valence-corrected chi connectivity index (χ2v) is 11.1. The Morgan fingerprint density at radius 2 is 1.43 bits per heavy atom. The maximum absolute atomic E-state index is 14.9. The van der Waals surface area contributed by atoms with E-state index in [9.17, 15) is 17.6 Å². The molecular formula is C26H44F4. The fourth-order valence-corrected chi connectivity index (χ4v) is 6.94. The molecule has 0 aromatic rings. The van der Waals surface area contributed by atoms with Crippen LogP contribution in [0.5, 0.6) is 0 Å². The molecule has 3 saturated carbocycles. The monoisotopic (exact) mass is 432 g/mol. The fraction of sp³-hybridized carbons (Fsp3) is 1.00. The largest absolute Gasteiger partial charge is 0.247 e. The number of hydrogen-bond donors (Lipinski definition) is 0. The van der Waals surface area contributed by atoms with Crippen LogP contribution in [0.15, 0.2) is 0 Å². The highest BCUT2D eigenvalue weighted by atomic mass is 19.2. The van der Waals surface area contributed by atoms with Gasteiger partial charge in [-0.15, -0.1) is 0 Å². The number of rotatable bonds is 8. The van der Waals surface area contributed by atoms with Gasteiger partial charge in [0, 0.05) is 0 Å². The number of hydrogen-bond acceptors (Lipinski definition) is 0. The van der Waals surface area contributed by atoms with Gasteiger partial charge in [-0.25, -0.2) is 17.6 Å². The molecule has 0 nitrogen and oxygen atoms in total. The SMILES string of the molecule is CCC[C@H](CCCC1CCC(C2CC(F)C(F)C(F)C2)C(F)C1)C1CCC(C)CC1. The third-order valence-electron chi connectivity index (χ3n) is 8.86. The predicted octanol–water partition coefficient (Wildman–Crippen LogP) is 8.58. The molecule has 0 aliphatic heterocycles. The van der Waals surface area contributed by atoms with E-state index < -0.39 is 24.7 Å². The van der Waals surface area contributed by atoms with E-state index in [1.807, 2.05) is 0 Å². The third-order valence-corrected chi connectivity index (χ3v) is 8.86. The van der Waals surface area contributed by atoms with E-state index in [-0.39, 0.29) is 24.7 Å². The summed E-state index contributed by atoms with van der Waals surface area (Å²) >= 11 is 0. The minimum atomic E-state index is -2.01. The Labute approximate surface area is 182 Å². The summed E-state index contributed by atoms with van der Waals surface area (Å²) in [6.07, 6.45) is 7.34. The summed E-state index contributed by atoms with van der Waals surface area (Å²) in [7, 11) is 0. The lowest BCUT2D eigenvalue weighted by Gasteiger charge is -2.40. The zero-order valence-corrected chi connectivity index (χ0v) is 19.2. The lowest BCUT2D eigenvalue weighted by Crippen LogP contribution is -2.42. The third kappa shape index (κ3) is 6.37. The molecule has 5 unspecified atom stereocenters. The molecule has 0 spiro atoms. The van der Waals surface area contributed by atoms with Crippen molar-refractivity contribution in [2.45, 2.75) is 128 Å². The smallest absolute Gasteiger partial charge is 0.162 e. The van der Waals surface area contributed by atoms with Crippen molar-refractivity contribution in [3.63, 3.8) is 0 Å². The Balaban J connectivity index is 1.41. The lowest BCUT2D eigenvalue weighted by molar-refractivity contribution is -0.0237. The molecule has 6 atom stereocenters. The Hall–Kier alpha value is -0.280. The molecular weight excluding hydrogens is 388 g/mol. The van der Waals surface area contributed by atoms with E-state index in [0.29, 0.717) is 18.8 Å². The molecule has 3 aliphatic rings. The Kier molecular flexibility index (Phi) is 9.38. The van der Waals surface area contributed by atoms with Gasteiger partial charge in [-0.2, -0.15) is 0 Å². The number of halogens is 4. The highest BCUT2D eigenvalue weighted by molar-refractivity contribution is 4.93. The topological polar surface area (TPSA) is 0 Å². The van der Waals surface area contributed by atoms with Crippen molar-refractivity contribution in [1.82, 2.24) is 0 Å². The zero-order valence-electron chi connectivity index (χ0n) is 19.2.